The van der Waals surface area contributed by atoms with Crippen molar-refractivity contribution in [1.29, 1.82) is 0 Å². The summed E-state index contributed by atoms with van der Waals surface area (Å²) >= 11 is 18.3. The molecule has 0 heterocycles. The van der Waals surface area contributed by atoms with Crippen LogP contribution < -0.4 is 9.62 Å². The van der Waals surface area contributed by atoms with Gasteiger partial charge in [-0.1, -0.05) is 77.3 Å². The lowest BCUT2D eigenvalue weighted by Gasteiger charge is -2.33. The Labute approximate surface area is 232 Å². The number of carbonyl (C=O) groups excluding carboxylic acids is 2. The van der Waals surface area contributed by atoms with Gasteiger partial charge in [0.2, 0.25) is 21.8 Å². The second kappa shape index (κ2) is 12.6. The minimum Gasteiger partial charge on any atom is -0.357 e. The molecule has 11 heteroatoms. The molecule has 0 radical (unpaired) electrons. The molecule has 1 atom stereocenters. The van der Waals surface area contributed by atoms with Gasteiger partial charge in [-0.05, 0) is 41.5 Å². The van der Waals surface area contributed by atoms with E-state index < -0.39 is 28.5 Å². The van der Waals surface area contributed by atoms with Crippen LogP contribution >= 0.6 is 34.8 Å². The van der Waals surface area contributed by atoms with Crippen LogP contribution in [0.4, 0.5) is 5.69 Å². The SMILES string of the molecule is CNC(=O)[C@H](Cc1ccccc1)N(Cc1cccc(Cl)c1)C(=O)CN(c1ccc(Cl)c(Cl)c1)S(C)(=O)=O. The molecule has 3 rings (SSSR count). The molecule has 0 aliphatic carbocycles. The minimum absolute atomic E-state index is 0.0310. The van der Waals surface area contributed by atoms with Crippen molar-refractivity contribution in [2.24, 2.45) is 0 Å². The molecule has 0 aliphatic rings. The highest BCUT2D eigenvalue weighted by molar-refractivity contribution is 7.92. The largest absolute Gasteiger partial charge is 0.357 e. The van der Waals surface area contributed by atoms with Gasteiger partial charge in [-0.15, -0.1) is 0 Å². The van der Waals surface area contributed by atoms with E-state index in [1.54, 1.807) is 24.3 Å². The van der Waals surface area contributed by atoms with Crippen LogP contribution in [-0.2, 0) is 32.6 Å². The number of hydrogen-bond acceptors (Lipinski definition) is 4. The highest BCUT2D eigenvalue weighted by atomic mass is 35.5. The number of likely N-dealkylation sites (N-methyl/N-ethyl adjacent to an activating group) is 1. The van der Waals surface area contributed by atoms with Crippen LogP contribution in [0, 0.1) is 0 Å². The van der Waals surface area contributed by atoms with Gasteiger partial charge >= 0.3 is 0 Å². The normalized spacial score (nSPS) is 12.0. The van der Waals surface area contributed by atoms with Gasteiger partial charge < -0.3 is 10.2 Å². The summed E-state index contributed by atoms with van der Waals surface area (Å²) in [6, 6.07) is 19.5. The molecule has 3 aromatic rings. The molecule has 37 heavy (non-hydrogen) atoms. The summed E-state index contributed by atoms with van der Waals surface area (Å²) in [5, 5.41) is 3.48. The van der Waals surface area contributed by atoms with Crippen molar-refractivity contribution >= 4 is 62.3 Å². The first kappa shape index (κ1) is 28.8. The fourth-order valence-corrected chi connectivity index (χ4v) is 5.15. The van der Waals surface area contributed by atoms with E-state index in [1.807, 2.05) is 30.3 Å². The van der Waals surface area contributed by atoms with E-state index in [0.717, 1.165) is 16.1 Å². The highest BCUT2D eigenvalue weighted by Gasteiger charge is 2.32. The number of nitrogens with zero attached hydrogens (tertiary/aromatic N) is 2. The van der Waals surface area contributed by atoms with Crippen LogP contribution in [-0.4, -0.2) is 51.0 Å². The zero-order valence-corrected chi connectivity index (χ0v) is 23.3. The Morgan fingerprint density at radius 2 is 1.57 bits per heavy atom. The van der Waals surface area contributed by atoms with Crippen LogP contribution in [0.25, 0.3) is 0 Å². The van der Waals surface area contributed by atoms with Gasteiger partial charge in [-0.25, -0.2) is 8.42 Å². The van der Waals surface area contributed by atoms with Crippen molar-refractivity contribution < 1.29 is 18.0 Å². The maximum absolute atomic E-state index is 13.8. The summed E-state index contributed by atoms with van der Waals surface area (Å²) in [7, 11) is -2.42. The number of amides is 2. The van der Waals surface area contributed by atoms with Crippen LogP contribution in [0.5, 0.6) is 0 Å². The maximum Gasteiger partial charge on any atom is 0.244 e. The molecule has 3 aromatic carbocycles. The van der Waals surface area contributed by atoms with E-state index in [4.69, 9.17) is 34.8 Å². The third-order valence-electron chi connectivity index (χ3n) is 5.63. The smallest absolute Gasteiger partial charge is 0.244 e. The van der Waals surface area contributed by atoms with Crippen LogP contribution in [0.3, 0.4) is 0 Å². The molecule has 0 bridgehead atoms. The van der Waals surface area contributed by atoms with Crippen molar-refractivity contribution in [2.45, 2.75) is 19.0 Å². The maximum atomic E-state index is 13.8. The molecule has 1 N–H and O–H groups in total. The molecular formula is C26H26Cl3N3O4S. The van der Waals surface area contributed by atoms with Crippen molar-refractivity contribution in [2.75, 3.05) is 24.2 Å². The molecule has 0 spiro atoms. The fraction of sp³-hybridized carbons (Fsp3) is 0.231. The Morgan fingerprint density at radius 3 is 2.16 bits per heavy atom. The van der Waals surface area contributed by atoms with Crippen LogP contribution in [0.15, 0.2) is 72.8 Å². The lowest BCUT2D eigenvalue weighted by Crippen LogP contribution is -2.52. The Morgan fingerprint density at radius 1 is 0.892 bits per heavy atom. The van der Waals surface area contributed by atoms with Gasteiger partial charge in [-0.2, -0.15) is 0 Å². The van der Waals surface area contributed by atoms with Crippen molar-refractivity contribution in [3.05, 3.63) is 99.0 Å². The van der Waals surface area contributed by atoms with E-state index in [9.17, 15) is 18.0 Å². The van der Waals surface area contributed by atoms with Crippen molar-refractivity contribution in [3.8, 4) is 0 Å². The molecular weight excluding hydrogens is 557 g/mol. The number of rotatable bonds is 10. The Bertz CT molecular complexity index is 1370. The average molecular weight is 583 g/mol. The quantitative estimate of drug-likeness (QED) is 0.372. The number of sulfonamides is 1. The first-order valence-corrected chi connectivity index (χ1v) is 14.2. The fourth-order valence-electron chi connectivity index (χ4n) is 3.81. The summed E-state index contributed by atoms with van der Waals surface area (Å²) in [6.07, 6.45) is 1.21. The predicted molar refractivity (Wildman–Crippen MR) is 149 cm³/mol. The van der Waals surface area contributed by atoms with Gasteiger partial charge in [0.15, 0.2) is 0 Å². The number of halogens is 3. The van der Waals surface area contributed by atoms with Crippen LogP contribution in [0.2, 0.25) is 15.1 Å². The molecule has 2 amide bonds. The average Bonchev–Trinajstić information content (AvgIpc) is 2.86. The van der Waals surface area contributed by atoms with Gasteiger partial charge in [0.1, 0.15) is 12.6 Å². The van der Waals surface area contributed by atoms with Gasteiger partial charge in [0.05, 0.1) is 22.0 Å². The molecule has 0 saturated heterocycles. The van der Waals surface area contributed by atoms with Crippen LogP contribution in [0.1, 0.15) is 11.1 Å². The van der Waals surface area contributed by atoms with Crippen molar-refractivity contribution in [1.82, 2.24) is 10.2 Å². The molecule has 0 fully saturated rings. The second-order valence-electron chi connectivity index (χ2n) is 8.34. The lowest BCUT2D eigenvalue weighted by atomic mass is 10.0. The Hall–Kier alpha value is -2.78. The van der Waals surface area contributed by atoms with E-state index in [2.05, 4.69) is 5.32 Å². The van der Waals surface area contributed by atoms with Crippen molar-refractivity contribution in [3.63, 3.8) is 0 Å². The van der Waals surface area contributed by atoms with Gasteiger partial charge in [0.25, 0.3) is 0 Å². The number of hydrogen-bond donors (Lipinski definition) is 1. The summed E-state index contributed by atoms with van der Waals surface area (Å²) in [6.45, 7) is -0.525. The van der Waals surface area contributed by atoms with E-state index in [1.165, 1.54) is 30.1 Å². The highest BCUT2D eigenvalue weighted by Crippen LogP contribution is 2.29. The molecule has 196 valence electrons. The standard InChI is InChI=1S/C26H26Cl3N3O4S/c1-30-26(34)24(14-18-7-4-3-5-8-18)31(16-19-9-6-10-20(27)13-19)25(33)17-32(37(2,35)36)21-11-12-22(28)23(29)15-21/h3-13,15,24H,14,16-17H2,1-2H3,(H,30,34)/t24-/m0/s1. The third-order valence-corrected chi connectivity index (χ3v) is 7.74. The topological polar surface area (TPSA) is 86.8 Å². The number of nitrogens with one attached hydrogen (secondary N) is 1. The minimum atomic E-state index is -3.90. The number of anilines is 1. The molecule has 0 aromatic heterocycles. The van der Waals surface area contributed by atoms with E-state index in [0.29, 0.717) is 10.6 Å². The molecule has 0 saturated carbocycles. The Balaban J connectivity index is 2.04. The van der Waals surface area contributed by atoms with E-state index in [-0.39, 0.29) is 34.6 Å². The summed E-state index contributed by atoms with van der Waals surface area (Å²) in [4.78, 5) is 28.2. The summed E-state index contributed by atoms with van der Waals surface area (Å²) in [5.41, 5.74) is 1.69. The molecule has 7 nitrogen and oxygen atoms in total. The zero-order chi connectivity index (χ0) is 27.2. The summed E-state index contributed by atoms with van der Waals surface area (Å²) < 4.78 is 26.4. The Kier molecular flexibility index (Phi) is 9.84. The monoisotopic (exact) mass is 581 g/mol. The molecule has 0 unspecified atom stereocenters. The van der Waals surface area contributed by atoms with Gasteiger partial charge in [0, 0.05) is 25.0 Å². The number of benzene rings is 3. The third kappa shape index (κ3) is 7.85. The van der Waals surface area contributed by atoms with Gasteiger partial charge in [-0.3, -0.25) is 13.9 Å². The first-order chi connectivity index (χ1) is 17.5. The summed E-state index contributed by atoms with van der Waals surface area (Å²) in [5.74, 6) is -0.972. The number of carbonyl (C=O) groups is 2. The lowest BCUT2D eigenvalue weighted by molar-refractivity contribution is -0.139. The predicted octanol–water partition coefficient (Wildman–Crippen LogP) is 4.80. The zero-order valence-electron chi connectivity index (χ0n) is 20.2. The first-order valence-electron chi connectivity index (χ1n) is 11.2. The second-order valence-corrected chi connectivity index (χ2v) is 11.5. The molecule has 0 aliphatic heterocycles. The van der Waals surface area contributed by atoms with E-state index >= 15 is 0 Å².